The van der Waals surface area contributed by atoms with Gasteiger partial charge in [0.05, 0.1) is 10.6 Å². The Bertz CT molecular complexity index is 841. The van der Waals surface area contributed by atoms with Crippen molar-refractivity contribution in [1.29, 1.82) is 0 Å². The average Bonchev–Trinajstić information content (AvgIpc) is 3.01. The second-order valence-corrected chi connectivity index (χ2v) is 9.07. The molecule has 134 valence electrons. The van der Waals surface area contributed by atoms with Crippen LogP contribution in [0.2, 0.25) is 0 Å². The maximum atomic E-state index is 12.6. The molecule has 2 heterocycles. The Morgan fingerprint density at radius 1 is 1.16 bits per heavy atom. The number of anilines is 2. The molecule has 0 amide bonds. The highest BCUT2D eigenvalue weighted by Gasteiger charge is 2.25. The summed E-state index contributed by atoms with van der Waals surface area (Å²) in [5.41, 5.74) is 1.66. The minimum atomic E-state index is -3.40. The molecule has 0 radical (unpaired) electrons. The first kappa shape index (κ1) is 18.2. The maximum absolute atomic E-state index is 12.6. The third-order valence-electron chi connectivity index (χ3n) is 3.90. The predicted octanol–water partition coefficient (Wildman–Crippen LogP) is 3.44. The predicted molar refractivity (Wildman–Crippen MR) is 106 cm³/mol. The summed E-state index contributed by atoms with van der Waals surface area (Å²) in [6.07, 6.45) is 2.95. The molecule has 9 heteroatoms. The van der Waals surface area contributed by atoms with Gasteiger partial charge >= 0.3 is 0 Å². The summed E-state index contributed by atoms with van der Waals surface area (Å²) in [6, 6.07) is 6.67. The molecule has 0 atom stereocenters. The van der Waals surface area contributed by atoms with Crippen LogP contribution in [0.1, 0.15) is 25.0 Å². The van der Waals surface area contributed by atoms with Crippen molar-refractivity contribution in [1.82, 2.24) is 9.29 Å². The molecule has 25 heavy (non-hydrogen) atoms. The normalized spacial score (nSPS) is 15.7. The quantitative estimate of drug-likeness (QED) is 0.771. The number of benzene rings is 1. The number of rotatable bonds is 4. The van der Waals surface area contributed by atoms with Gasteiger partial charge < -0.3 is 10.6 Å². The smallest absolute Gasteiger partial charge is 0.243 e. The number of hydrogen-bond donors (Lipinski definition) is 2. The van der Waals surface area contributed by atoms with Gasteiger partial charge in [-0.2, -0.15) is 4.31 Å². The number of piperidine rings is 1. The van der Waals surface area contributed by atoms with Crippen LogP contribution in [0.25, 0.3) is 0 Å². The van der Waals surface area contributed by atoms with Gasteiger partial charge in [0, 0.05) is 24.2 Å². The zero-order chi connectivity index (χ0) is 17.9. The van der Waals surface area contributed by atoms with Gasteiger partial charge in [-0.1, -0.05) is 6.42 Å². The monoisotopic (exact) mass is 396 g/mol. The Balaban J connectivity index is 1.64. The first-order valence-electron chi connectivity index (χ1n) is 8.05. The molecular formula is C16H20N4O2S3. The van der Waals surface area contributed by atoms with Gasteiger partial charge in [0.1, 0.15) is 0 Å². The highest BCUT2D eigenvalue weighted by molar-refractivity contribution is 7.89. The molecule has 1 saturated heterocycles. The van der Waals surface area contributed by atoms with Gasteiger partial charge in [-0.05, 0) is 56.2 Å². The summed E-state index contributed by atoms with van der Waals surface area (Å²) in [6.45, 7) is 3.12. The molecule has 2 N–H and O–H groups in total. The summed E-state index contributed by atoms with van der Waals surface area (Å²) in [7, 11) is -3.40. The standard InChI is InChI=1S/C16H20N4O2S3/c1-12-11-24-16(17-12)19-15(23)18-13-5-7-14(8-6-13)25(21,22)20-9-3-2-4-10-20/h5-8,11H,2-4,9-10H2,1H3,(H2,17,18,19,23). The van der Waals surface area contributed by atoms with E-state index in [9.17, 15) is 8.42 Å². The lowest BCUT2D eigenvalue weighted by Crippen LogP contribution is -2.35. The lowest BCUT2D eigenvalue weighted by Gasteiger charge is -2.25. The topological polar surface area (TPSA) is 74.3 Å². The van der Waals surface area contributed by atoms with Crippen molar-refractivity contribution in [3.63, 3.8) is 0 Å². The van der Waals surface area contributed by atoms with Gasteiger partial charge in [0.15, 0.2) is 10.2 Å². The maximum Gasteiger partial charge on any atom is 0.243 e. The first-order valence-corrected chi connectivity index (χ1v) is 10.8. The number of aromatic nitrogens is 1. The summed E-state index contributed by atoms with van der Waals surface area (Å²) in [5, 5.41) is 9.12. The Hall–Kier alpha value is -1.55. The highest BCUT2D eigenvalue weighted by Crippen LogP contribution is 2.22. The van der Waals surface area contributed by atoms with Gasteiger partial charge in [0.25, 0.3) is 0 Å². The van der Waals surface area contributed by atoms with Gasteiger partial charge in [0.2, 0.25) is 10.0 Å². The summed E-state index contributed by atoms with van der Waals surface area (Å²) in [5.74, 6) is 0. The van der Waals surface area contributed by atoms with E-state index in [4.69, 9.17) is 12.2 Å². The van der Waals surface area contributed by atoms with Crippen LogP contribution in [0.4, 0.5) is 10.8 Å². The molecule has 1 aliphatic heterocycles. The van der Waals surface area contributed by atoms with E-state index in [1.807, 2.05) is 12.3 Å². The van der Waals surface area contributed by atoms with Crippen molar-refractivity contribution in [2.24, 2.45) is 0 Å². The molecule has 0 aliphatic carbocycles. The van der Waals surface area contributed by atoms with E-state index in [1.165, 1.54) is 11.3 Å². The SMILES string of the molecule is Cc1csc(NC(=S)Nc2ccc(S(=O)(=O)N3CCCCC3)cc2)n1. The van der Waals surface area contributed by atoms with Gasteiger partial charge in [-0.15, -0.1) is 11.3 Å². The van der Waals surface area contributed by atoms with E-state index in [1.54, 1.807) is 28.6 Å². The second kappa shape index (κ2) is 7.77. The Labute approximate surface area is 157 Å². The number of hydrogen-bond acceptors (Lipinski definition) is 5. The molecule has 0 unspecified atom stereocenters. The fourth-order valence-electron chi connectivity index (χ4n) is 2.64. The molecule has 0 spiro atoms. The Kier molecular flexibility index (Phi) is 5.67. The van der Waals surface area contributed by atoms with E-state index in [-0.39, 0.29) is 0 Å². The zero-order valence-electron chi connectivity index (χ0n) is 13.9. The second-order valence-electron chi connectivity index (χ2n) is 5.86. The number of sulfonamides is 1. The van der Waals surface area contributed by atoms with Crippen molar-refractivity contribution in [2.75, 3.05) is 23.7 Å². The molecule has 6 nitrogen and oxygen atoms in total. The van der Waals surface area contributed by atoms with E-state index < -0.39 is 10.0 Å². The minimum Gasteiger partial charge on any atom is -0.332 e. The lowest BCUT2D eigenvalue weighted by atomic mass is 10.2. The lowest BCUT2D eigenvalue weighted by molar-refractivity contribution is 0.346. The molecule has 1 fully saturated rings. The third-order valence-corrected chi connectivity index (χ3v) is 6.90. The third kappa shape index (κ3) is 4.55. The first-order chi connectivity index (χ1) is 11.9. The fraction of sp³-hybridized carbons (Fsp3) is 0.375. The Morgan fingerprint density at radius 2 is 1.84 bits per heavy atom. The molecule has 0 bridgehead atoms. The number of nitrogens with zero attached hydrogens (tertiary/aromatic N) is 2. The van der Waals surface area contributed by atoms with E-state index in [0.29, 0.717) is 23.1 Å². The molecule has 1 aromatic carbocycles. The van der Waals surface area contributed by atoms with Crippen LogP contribution in [0.3, 0.4) is 0 Å². The largest absolute Gasteiger partial charge is 0.332 e. The van der Waals surface area contributed by atoms with Crippen molar-refractivity contribution in [2.45, 2.75) is 31.1 Å². The van der Waals surface area contributed by atoms with Crippen LogP contribution in [0.15, 0.2) is 34.5 Å². The average molecular weight is 397 g/mol. The summed E-state index contributed by atoms with van der Waals surface area (Å²) < 4.78 is 26.8. The molecule has 3 rings (SSSR count). The number of thiocarbonyl (C=S) groups is 1. The zero-order valence-corrected chi connectivity index (χ0v) is 16.3. The van der Waals surface area contributed by atoms with Gasteiger partial charge in [-0.3, -0.25) is 0 Å². The highest BCUT2D eigenvalue weighted by atomic mass is 32.2. The van der Waals surface area contributed by atoms with Crippen molar-refractivity contribution in [3.05, 3.63) is 35.3 Å². The van der Waals surface area contributed by atoms with Crippen LogP contribution in [0, 0.1) is 6.92 Å². The van der Waals surface area contributed by atoms with E-state index in [0.717, 1.165) is 35.8 Å². The Morgan fingerprint density at radius 3 is 2.44 bits per heavy atom. The molecule has 2 aromatic rings. The molecule has 0 saturated carbocycles. The van der Waals surface area contributed by atoms with E-state index >= 15 is 0 Å². The van der Waals surface area contributed by atoms with Crippen LogP contribution in [0.5, 0.6) is 0 Å². The van der Waals surface area contributed by atoms with Crippen molar-refractivity contribution >= 4 is 49.5 Å². The van der Waals surface area contributed by atoms with Crippen molar-refractivity contribution < 1.29 is 8.42 Å². The number of nitrogens with one attached hydrogen (secondary N) is 2. The van der Waals surface area contributed by atoms with Gasteiger partial charge in [-0.25, -0.2) is 13.4 Å². The summed E-state index contributed by atoms with van der Waals surface area (Å²) >= 11 is 6.73. The minimum absolute atomic E-state index is 0.314. The van der Waals surface area contributed by atoms with Crippen LogP contribution in [-0.4, -0.2) is 35.9 Å². The molecular weight excluding hydrogens is 376 g/mol. The van der Waals surface area contributed by atoms with Crippen molar-refractivity contribution in [3.8, 4) is 0 Å². The van der Waals surface area contributed by atoms with Crippen LogP contribution in [-0.2, 0) is 10.0 Å². The number of aryl methyl sites for hydroxylation is 1. The summed E-state index contributed by atoms with van der Waals surface area (Å²) in [4.78, 5) is 4.60. The molecule has 1 aromatic heterocycles. The van der Waals surface area contributed by atoms with E-state index in [2.05, 4.69) is 15.6 Å². The van der Waals surface area contributed by atoms with Crippen LogP contribution < -0.4 is 10.6 Å². The number of thiazole rings is 1. The fourth-order valence-corrected chi connectivity index (χ4v) is 5.12. The molecule has 1 aliphatic rings. The van der Waals surface area contributed by atoms with Crippen LogP contribution >= 0.6 is 23.6 Å².